The topological polar surface area (TPSA) is 64.1 Å². The molecule has 0 amide bonds. The highest BCUT2D eigenvalue weighted by molar-refractivity contribution is 5.87. The van der Waals surface area contributed by atoms with Gasteiger partial charge in [0.1, 0.15) is 11.5 Å². The maximum atomic E-state index is 11.6. The highest BCUT2D eigenvalue weighted by Gasteiger charge is 2.44. The summed E-state index contributed by atoms with van der Waals surface area (Å²) in [7, 11) is 1.38. The fourth-order valence-corrected chi connectivity index (χ4v) is 3.49. The first-order valence-electron chi connectivity index (χ1n) is 6.97. The number of hydrogen-bond acceptors (Lipinski definition) is 5. The third kappa shape index (κ3) is 1.73. The standard InChI is InChI=1S/C16H15N3O2/c1-21-15(20)13-5-10-6-16(7-11(10)8-18-13)9-19-14-12(16)3-2-4-17-14/h2-5,8H,6-7,9H2,1H3,(H,17,19)/t16-/m1/s1. The molecule has 1 aliphatic heterocycles. The van der Waals surface area contributed by atoms with Crippen LogP contribution in [-0.2, 0) is 23.0 Å². The Bertz CT molecular complexity index is 744. The van der Waals surface area contributed by atoms with Gasteiger partial charge in [-0.3, -0.25) is 0 Å². The van der Waals surface area contributed by atoms with Gasteiger partial charge in [-0.15, -0.1) is 0 Å². The zero-order valence-electron chi connectivity index (χ0n) is 11.7. The average molecular weight is 281 g/mol. The molecule has 3 heterocycles. The first-order chi connectivity index (χ1) is 10.2. The minimum Gasteiger partial charge on any atom is -0.464 e. The van der Waals surface area contributed by atoms with E-state index in [2.05, 4.69) is 21.4 Å². The number of rotatable bonds is 1. The normalized spacial score (nSPS) is 21.8. The van der Waals surface area contributed by atoms with Gasteiger partial charge in [-0.2, -0.15) is 0 Å². The zero-order valence-corrected chi connectivity index (χ0v) is 11.7. The second-order valence-corrected chi connectivity index (χ2v) is 5.72. The number of aromatic nitrogens is 2. The van der Waals surface area contributed by atoms with E-state index in [9.17, 15) is 4.79 Å². The summed E-state index contributed by atoms with van der Waals surface area (Å²) in [4.78, 5) is 20.2. The van der Waals surface area contributed by atoms with Crippen LogP contribution in [0.2, 0.25) is 0 Å². The third-order valence-corrected chi connectivity index (χ3v) is 4.51. The SMILES string of the molecule is COC(=O)c1cc2c(cn1)C[C@@]1(CNc3ncccc31)C2. The van der Waals surface area contributed by atoms with Crippen LogP contribution in [0.1, 0.15) is 27.2 Å². The largest absolute Gasteiger partial charge is 0.464 e. The van der Waals surface area contributed by atoms with Gasteiger partial charge in [-0.05, 0) is 36.1 Å². The van der Waals surface area contributed by atoms with Crippen LogP contribution in [0.25, 0.3) is 0 Å². The van der Waals surface area contributed by atoms with Gasteiger partial charge in [-0.1, -0.05) is 6.07 Å². The molecule has 0 saturated heterocycles. The highest BCUT2D eigenvalue weighted by atomic mass is 16.5. The van der Waals surface area contributed by atoms with E-state index in [0.29, 0.717) is 5.69 Å². The van der Waals surface area contributed by atoms with Crippen molar-refractivity contribution in [2.24, 2.45) is 0 Å². The van der Waals surface area contributed by atoms with Gasteiger partial charge in [0.2, 0.25) is 0 Å². The van der Waals surface area contributed by atoms with Crippen LogP contribution in [0.5, 0.6) is 0 Å². The molecule has 21 heavy (non-hydrogen) atoms. The Morgan fingerprint density at radius 3 is 3.05 bits per heavy atom. The van der Waals surface area contributed by atoms with Crippen LogP contribution in [0.3, 0.4) is 0 Å². The number of ether oxygens (including phenoxy) is 1. The van der Waals surface area contributed by atoms with E-state index in [0.717, 1.165) is 25.2 Å². The van der Waals surface area contributed by atoms with E-state index in [-0.39, 0.29) is 11.4 Å². The lowest BCUT2D eigenvalue weighted by Crippen LogP contribution is -2.29. The molecule has 106 valence electrons. The molecule has 2 aliphatic rings. The fraction of sp³-hybridized carbons (Fsp3) is 0.312. The van der Waals surface area contributed by atoms with Crippen molar-refractivity contribution >= 4 is 11.8 Å². The van der Waals surface area contributed by atoms with Gasteiger partial charge in [-0.25, -0.2) is 14.8 Å². The summed E-state index contributed by atoms with van der Waals surface area (Å²) in [5.74, 6) is 0.594. The summed E-state index contributed by atoms with van der Waals surface area (Å²) in [5.41, 5.74) is 4.08. The second-order valence-electron chi connectivity index (χ2n) is 5.72. The predicted octanol–water partition coefficient (Wildman–Crippen LogP) is 1.73. The van der Waals surface area contributed by atoms with E-state index >= 15 is 0 Å². The quantitative estimate of drug-likeness (QED) is 0.806. The summed E-state index contributed by atoms with van der Waals surface area (Å²) in [6, 6.07) is 5.99. The van der Waals surface area contributed by atoms with Crippen molar-refractivity contribution in [3.8, 4) is 0 Å². The molecule has 0 bridgehead atoms. The Morgan fingerprint density at radius 2 is 2.19 bits per heavy atom. The number of carbonyl (C=O) groups excluding carboxylic acids is 1. The maximum Gasteiger partial charge on any atom is 0.356 e. The van der Waals surface area contributed by atoms with Gasteiger partial charge >= 0.3 is 5.97 Å². The zero-order chi connectivity index (χ0) is 14.4. The molecule has 2 aromatic heterocycles. The van der Waals surface area contributed by atoms with Gasteiger partial charge in [0.05, 0.1) is 7.11 Å². The third-order valence-electron chi connectivity index (χ3n) is 4.51. The van der Waals surface area contributed by atoms with E-state index < -0.39 is 0 Å². The Hall–Kier alpha value is -2.43. The summed E-state index contributed by atoms with van der Waals surface area (Å²) in [5, 5.41) is 3.39. The monoisotopic (exact) mass is 281 g/mol. The molecule has 1 spiro atoms. The molecule has 0 unspecified atom stereocenters. The Kier molecular flexibility index (Phi) is 2.51. The van der Waals surface area contributed by atoms with Crippen LogP contribution in [0, 0.1) is 0 Å². The number of pyridine rings is 2. The highest BCUT2D eigenvalue weighted by Crippen LogP contribution is 2.45. The van der Waals surface area contributed by atoms with Gasteiger partial charge in [0.15, 0.2) is 0 Å². The summed E-state index contributed by atoms with van der Waals surface area (Å²) in [6.07, 6.45) is 5.46. The lowest BCUT2D eigenvalue weighted by atomic mass is 9.80. The smallest absolute Gasteiger partial charge is 0.356 e. The van der Waals surface area contributed by atoms with Gasteiger partial charge < -0.3 is 10.1 Å². The lowest BCUT2D eigenvalue weighted by molar-refractivity contribution is 0.0594. The number of anilines is 1. The van der Waals surface area contributed by atoms with Crippen molar-refractivity contribution in [3.05, 3.63) is 53.0 Å². The van der Waals surface area contributed by atoms with Crippen LogP contribution in [-0.4, -0.2) is 29.6 Å². The number of nitrogens with zero attached hydrogens (tertiary/aromatic N) is 2. The Labute approximate surface area is 122 Å². The molecule has 2 aromatic rings. The minimum absolute atomic E-state index is 0.0440. The van der Waals surface area contributed by atoms with Crippen molar-refractivity contribution in [3.63, 3.8) is 0 Å². The summed E-state index contributed by atoms with van der Waals surface area (Å²) in [6.45, 7) is 0.877. The Morgan fingerprint density at radius 1 is 1.33 bits per heavy atom. The van der Waals surface area contributed by atoms with E-state index in [4.69, 9.17) is 4.74 Å². The molecule has 1 N–H and O–H groups in total. The molecular formula is C16H15N3O2. The number of esters is 1. The van der Waals surface area contributed by atoms with Crippen molar-refractivity contribution in [2.45, 2.75) is 18.3 Å². The van der Waals surface area contributed by atoms with E-state index in [1.165, 1.54) is 23.8 Å². The molecule has 1 atom stereocenters. The average Bonchev–Trinajstić information content (AvgIpc) is 3.07. The van der Waals surface area contributed by atoms with Crippen LogP contribution in [0.4, 0.5) is 5.82 Å². The number of fused-ring (bicyclic) bond motifs is 3. The molecule has 4 rings (SSSR count). The van der Waals surface area contributed by atoms with E-state index in [1.807, 2.05) is 24.5 Å². The van der Waals surface area contributed by atoms with Crippen LogP contribution in [0.15, 0.2) is 30.6 Å². The van der Waals surface area contributed by atoms with Gasteiger partial charge in [0, 0.05) is 29.9 Å². The molecule has 1 aliphatic carbocycles. The number of hydrogen-bond donors (Lipinski definition) is 1. The van der Waals surface area contributed by atoms with Crippen LogP contribution >= 0.6 is 0 Å². The van der Waals surface area contributed by atoms with E-state index in [1.54, 1.807) is 0 Å². The van der Waals surface area contributed by atoms with Crippen molar-refractivity contribution < 1.29 is 9.53 Å². The second kappa shape index (κ2) is 4.28. The molecule has 0 saturated carbocycles. The van der Waals surface area contributed by atoms with Gasteiger partial charge in [0.25, 0.3) is 0 Å². The first kappa shape index (κ1) is 12.3. The number of nitrogens with one attached hydrogen (secondary N) is 1. The first-order valence-corrected chi connectivity index (χ1v) is 6.97. The van der Waals surface area contributed by atoms with Crippen molar-refractivity contribution in [1.29, 1.82) is 0 Å². The molecular weight excluding hydrogens is 266 g/mol. The molecule has 0 radical (unpaired) electrons. The Balaban J connectivity index is 1.73. The summed E-state index contributed by atoms with van der Waals surface area (Å²) < 4.78 is 4.75. The molecule has 5 nitrogen and oxygen atoms in total. The molecule has 0 fully saturated rings. The number of methoxy groups -OCH3 is 1. The predicted molar refractivity (Wildman–Crippen MR) is 77.4 cm³/mol. The number of carbonyl (C=O) groups is 1. The summed E-state index contributed by atoms with van der Waals surface area (Å²) >= 11 is 0. The fourth-order valence-electron chi connectivity index (χ4n) is 3.49. The molecule has 5 heteroatoms. The van der Waals surface area contributed by atoms with Crippen molar-refractivity contribution in [2.75, 3.05) is 19.0 Å². The maximum absolute atomic E-state index is 11.6. The minimum atomic E-state index is -0.384. The molecule has 0 aromatic carbocycles. The van der Waals surface area contributed by atoms with Crippen LogP contribution < -0.4 is 5.32 Å². The lowest BCUT2D eigenvalue weighted by Gasteiger charge is -2.22. The van der Waals surface area contributed by atoms with Crippen molar-refractivity contribution in [1.82, 2.24) is 9.97 Å².